The van der Waals surface area contributed by atoms with E-state index in [0.717, 1.165) is 34.6 Å². The molecule has 0 radical (unpaired) electrons. The number of aromatic nitrogens is 2. The first-order valence-corrected chi connectivity index (χ1v) is 8.31. The van der Waals surface area contributed by atoms with E-state index in [-0.39, 0.29) is 11.9 Å². The van der Waals surface area contributed by atoms with E-state index in [1.807, 2.05) is 17.5 Å². The van der Waals surface area contributed by atoms with Crippen LogP contribution in [0.4, 0.5) is 10.2 Å². The lowest BCUT2D eigenvalue weighted by Gasteiger charge is -2.26. The minimum Gasteiger partial charge on any atom is -0.349 e. The van der Waals surface area contributed by atoms with Crippen molar-refractivity contribution >= 4 is 27.4 Å². The molecular weight excluding hydrogens is 297 g/mol. The van der Waals surface area contributed by atoms with Gasteiger partial charge in [-0.05, 0) is 29.9 Å². The van der Waals surface area contributed by atoms with Crippen molar-refractivity contribution < 1.29 is 4.39 Å². The fraction of sp³-hybridized carbons (Fsp3) is 0.294. The summed E-state index contributed by atoms with van der Waals surface area (Å²) < 4.78 is 14.3. The number of benzene rings is 1. The number of rotatable bonds is 2. The molecule has 0 saturated carbocycles. The zero-order valence-electron chi connectivity index (χ0n) is 12.2. The van der Waals surface area contributed by atoms with Crippen LogP contribution in [-0.2, 0) is 0 Å². The third-order valence-corrected chi connectivity index (χ3v) is 5.11. The smallest absolute Gasteiger partial charge is 0.141 e. The summed E-state index contributed by atoms with van der Waals surface area (Å²) in [6, 6.07) is 9.15. The van der Waals surface area contributed by atoms with Gasteiger partial charge in [0.25, 0.3) is 0 Å². The molecule has 0 amide bonds. The van der Waals surface area contributed by atoms with E-state index >= 15 is 0 Å². The van der Waals surface area contributed by atoms with Crippen LogP contribution in [0.5, 0.6) is 0 Å². The first-order chi connectivity index (χ1) is 10.7. The van der Waals surface area contributed by atoms with E-state index in [2.05, 4.69) is 27.9 Å². The Kier molecular flexibility index (Phi) is 3.30. The van der Waals surface area contributed by atoms with Crippen molar-refractivity contribution in [1.29, 1.82) is 0 Å². The molecule has 2 aromatic heterocycles. The van der Waals surface area contributed by atoms with E-state index in [4.69, 9.17) is 0 Å². The minimum absolute atomic E-state index is 0.0363. The second-order valence-electron chi connectivity index (χ2n) is 5.87. The summed E-state index contributed by atoms with van der Waals surface area (Å²) in [5.74, 6) is 1.29. The highest BCUT2D eigenvalue weighted by atomic mass is 32.1. The number of halogens is 1. The van der Waals surface area contributed by atoms with Crippen molar-refractivity contribution in [2.75, 3.05) is 11.4 Å². The molecule has 0 spiro atoms. The molecule has 2 unspecified atom stereocenters. The predicted octanol–water partition coefficient (Wildman–Crippen LogP) is 4.42. The summed E-state index contributed by atoms with van der Waals surface area (Å²) in [4.78, 5) is 12.0. The van der Waals surface area contributed by atoms with Crippen LogP contribution in [-0.4, -0.2) is 16.5 Å². The molecule has 2 atom stereocenters. The predicted molar refractivity (Wildman–Crippen MR) is 87.7 cm³/mol. The Morgan fingerprint density at radius 1 is 1.23 bits per heavy atom. The number of hydrogen-bond donors (Lipinski definition) is 0. The maximum Gasteiger partial charge on any atom is 0.141 e. The molecule has 112 valence electrons. The number of nitrogens with zero attached hydrogens (tertiary/aromatic N) is 3. The van der Waals surface area contributed by atoms with Crippen molar-refractivity contribution in [3.05, 3.63) is 53.4 Å². The summed E-state index contributed by atoms with van der Waals surface area (Å²) in [5, 5.41) is 3.09. The van der Waals surface area contributed by atoms with E-state index in [1.165, 1.54) is 6.07 Å². The molecule has 0 aliphatic carbocycles. The quantitative estimate of drug-likeness (QED) is 0.701. The van der Waals surface area contributed by atoms with Crippen molar-refractivity contribution in [3.8, 4) is 0 Å². The fourth-order valence-electron chi connectivity index (χ4n) is 3.33. The molecule has 0 bridgehead atoms. The molecular formula is C17H16FN3S. The van der Waals surface area contributed by atoms with Gasteiger partial charge in [-0.1, -0.05) is 25.1 Å². The molecule has 0 N–H and O–H groups in total. The third kappa shape index (κ3) is 2.16. The SMILES string of the molecule is CC1CC(c2ccccc2F)N(c2ncnc3sccc23)C1. The average molecular weight is 313 g/mol. The maximum atomic E-state index is 14.3. The Balaban J connectivity index is 1.82. The number of anilines is 1. The number of thiophene rings is 1. The molecule has 3 nitrogen and oxygen atoms in total. The Morgan fingerprint density at radius 2 is 2.09 bits per heavy atom. The van der Waals surface area contributed by atoms with Crippen LogP contribution in [0.3, 0.4) is 0 Å². The zero-order valence-corrected chi connectivity index (χ0v) is 13.1. The Labute approximate surface area is 132 Å². The van der Waals surface area contributed by atoms with Crippen LogP contribution in [0.2, 0.25) is 0 Å². The third-order valence-electron chi connectivity index (χ3n) is 4.29. The van der Waals surface area contributed by atoms with E-state index in [9.17, 15) is 4.39 Å². The van der Waals surface area contributed by atoms with Crippen LogP contribution >= 0.6 is 11.3 Å². The lowest BCUT2D eigenvalue weighted by Crippen LogP contribution is -2.25. The van der Waals surface area contributed by atoms with E-state index < -0.39 is 0 Å². The second-order valence-corrected chi connectivity index (χ2v) is 6.76. The number of hydrogen-bond acceptors (Lipinski definition) is 4. The van der Waals surface area contributed by atoms with Crippen LogP contribution in [0, 0.1) is 11.7 Å². The van der Waals surface area contributed by atoms with Gasteiger partial charge in [0, 0.05) is 12.1 Å². The van der Waals surface area contributed by atoms with Gasteiger partial charge in [0.15, 0.2) is 0 Å². The van der Waals surface area contributed by atoms with Gasteiger partial charge in [-0.2, -0.15) is 0 Å². The summed E-state index contributed by atoms with van der Waals surface area (Å²) >= 11 is 1.61. The van der Waals surface area contributed by atoms with Gasteiger partial charge in [0.2, 0.25) is 0 Å². The second kappa shape index (κ2) is 5.32. The Hall–Kier alpha value is -2.01. The first-order valence-electron chi connectivity index (χ1n) is 7.43. The van der Waals surface area contributed by atoms with Gasteiger partial charge in [-0.25, -0.2) is 14.4 Å². The van der Waals surface area contributed by atoms with E-state index in [0.29, 0.717) is 5.92 Å². The van der Waals surface area contributed by atoms with Crippen molar-refractivity contribution in [2.45, 2.75) is 19.4 Å². The van der Waals surface area contributed by atoms with Gasteiger partial charge in [-0.15, -0.1) is 11.3 Å². The lowest BCUT2D eigenvalue weighted by atomic mass is 10.0. The van der Waals surface area contributed by atoms with Gasteiger partial charge in [0.1, 0.15) is 22.8 Å². The van der Waals surface area contributed by atoms with Crippen LogP contribution in [0.1, 0.15) is 24.9 Å². The summed E-state index contributed by atoms with van der Waals surface area (Å²) in [6.45, 7) is 3.10. The van der Waals surface area contributed by atoms with Gasteiger partial charge in [0.05, 0.1) is 11.4 Å². The van der Waals surface area contributed by atoms with Crippen LogP contribution in [0.15, 0.2) is 42.0 Å². The van der Waals surface area contributed by atoms with Crippen molar-refractivity contribution in [3.63, 3.8) is 0 Å². The molecule has 1 aliphatic heterocycles. The molecule has 1 saturated heterocycles. The zero-order chi connectivity index (χ0) is 15.1. The summed E-state index contributed by atoms with van der Waals surface area (Å²) in [5.41, 5.74) is 0.758. The molecule has 3 heterocycles. The van der Waals surface area contributed by atoms with Gasteiger partial charge >= 0.3 is 0 Å². The first kappa shape index (κ1) is 13.6. The Bertz CT molecular complexity index is 816. The largest absolute Gasteiger partial charge is 0.349 e. The monoisotopic (exact) mass is 313 g/mol. The highest BCUT2D eigenvalue weighted by Gasteiger charge is 2.34. The van der Waals surface area contributed by atoms with Gasteiger partial charge in [-0.3, -0.25) is 0 Å². The summed E-state index contributed by atoms with van der Waals surface area (Å²) in [6.07, 6.45) is 2.55. The van der Waals surface area contributed by atoms with Gasteiger partial charge < -0.3 is 4.90 Å². The summed E-state index contributed by atoms with van der Waals surface area (Å²) in [7, 11) is 0. The Morgan fingerprint density at radius 3 is 2.95 bits per heavy atom. The minimum atomic E-state index is -0.137. The molecule has 22 heavy (non-hydrogen) atoms. The molecule has 1 aliphatic rings. The molecule has 4 rings (SSSR count). The fourth-order valence-corrected chi connectivity index (χ4v) is 4.05. The number of fused-ring (bicyclic) bond motifs is 1. The highest BCUT2D eigenvalue weighted by Crippen LogP contribution is 2.41. The standard InChI is InChI=1S/C17H16FN3S/c1-11-8-15(12-4-2-3-5-14(12)18)21(9-11)16-13-6-7-22-17(13)20-10-19-16/h2-7,10-11,15H,8-9H2,1H3. The molecule has 1 fully saturated rings. The van der Waals surface area contributed by atoms with Crippen LogP contribution < -0.4 is 4.90 Å². The topological polar surface area (TPSA) is 29.0 Å². The highest BCUT2D eigenvalue weighted by molar-refractivity contribution is 7.16. The normalized spacial score (nSPS) is 21.6. The molecule has 5 heteroatoms. The molecule has 1 aromatic carbocycles. The van der Waals surface area contributed by atoms with Crippen molar-refractivity contribution in [1.82, 2.24) is 9.97 Å². The lowest BCUT2D eigenvalue weighted by molar-refractivity contribution is 0.563. The molecule has 3 aromatic rings. The van der Waals surface area contributed by atoms with Crippen LogP contribution in [0.25, 0.3) is 10.2 Å². The van der Waals surface area contributed by atoms with E-state index in [1.54, 1.807) is 23.7 Å². The van der Waals surface area contributed by atoms with Crippen molar-refractivity contribution in [2.24, 2.45) is 5.92 Å². The average Bonchev–Trinajstić information content (AvgIpc) is 3.13. The maximum absolute atomic E-state index is 14.3.